The SMILES string of the molecule is CN(C=O)CCS(=O)O. The first kappa shape index (κ1) is 8.58. The van der Waals surface area contributed by atoms with Gasteiger partial charge in [0.1, 0.15) is 0 Å². The van der Waals surface area contributed by atoms with E-state index in [1.165, 1.54) is 4.90 Å². The molecule has 0 bridgehead atoms. The standard InChI is InChI=1S/C4H9NO3S/c1-5(4-6)2-3-9(7)8/h4H,2-3H2,1H3,(H,7,8). The van der Waals surface area contributed by atoms with Gasteiger partial charge < -0.3 is 9.45 Å². The van der Waals surface area contributed by atoms with Crippen molar-refractivity contribution in [3.63, 3.8) is 0 Å². The largest absolute Gasteiger partial charge is 0.347 e. The molecule has 0 rings (SSSR count). The molecule has 0 aliphatic rings. The van der Waals surface area contributed by atoms with Gasteiger partial charge in [0.2, 0.25) is 6.41 Å². The van der Waals surface area contributed by atoms with Crippen LogP contribution in [0.5, 0.6) is 0 Å². The summed E-state index contributed by atoms with van der Waals surface area (Å²) in [4.78, 5) is 11.2. The van der Waals surface area contributed by atoms with E-state index in [0.717, 1.165) is 0 Å². The average Bonchev–Trinajstić information content (AvgIpc) is 1.83. The lowest BCUT2D eigenvalue weighted by atomic mass is 10.7. The summed E-state index contributed by atoms with van der Waals surface area (Å²) in [5.41, 5.74) is 0. The molecule has 0 aromatic heterocycles. The van der Waals surface area contributed by atoms with Crippen LogP contribution in [-0.2, 0) is 15.9 Å². The van der Waals surface area contributed by atoms with Crippen molar-refractivity contribution in [1.82, 2.24) is 4.90 Å². The van der Waals surface area contributed by atoms with Crippen LogP contribution in [0.25, 0.3) is 0 Å². The van der Waals surface area contributed by atoms with Crippen molar-refractivity contribution in [2.75, 3.05) is 19.3 Å². The van der Waals surface area contributed by atoms with E-state index in [0.29, 0.717) is 13.0 Å². The van der Waals surface area contributed by atoms with Gasteiger partial charge in [-0.05, 0) is 0 Å². The Morgan fingerprint density at radius 1 is 1.78 bits per heavy atom. The van der Waals surface area contributed by atoms with E-state index in [9.17, 15) is 9.00 Å². The topological polar surface area (TPSA) is 57.6 Å². The first-order valence-electron chi connectivity index (χ1n) is 2.40. The van der Waals surface area contributed by atoms with Crippen LogP contribution in [0.2, 0.25) is 0 Å². The first-order valence-corrected chi connectivity index (χ1v) is 3.67. The Morgan fingerprint density at radius 2 is 2.33 bits per heavy atom. The molecule has 0 aromatic rings. The van der Waals surface area contributed by atoms with Gasteiger partial charge in [0.15, 0.2) is 11.1 Å². The predicted molar refractivity (Wildman–Crippen MR) is 34.3 cm³/mol. The molecule has 5 heteroatoms. The van der Waals surface area contributed by atoms with Crippen LogP contribution in [-0.4, -0.2) is 39.4 Å². The Kier molecular flexibility index (Phi) is 4.25. The van der Waals surface area contributed by atoms with Gasteiger partial charge in [-0.3, -0.25) is 4.79 Å². The molecule has 0 aliphatic carbocycles. The van der Waals surface area contributed by atoms with Crippen molar-refractivity contribution in [2.45, 2.75) is 0 Å². The van der Waals surface area contributed by atoms with E-state index in [-0.39, 0.29) is 5.75 Å². The second kappa shape index (κ2) is 4.46. The molecule has 0 aliphatic heterocycles. The summed E-state index contributed by atoms with van der Waals surface area (Å²) in [6.07, 6.45) is 0.618. The number of hydrogen-bond donors (Lipinski definition) is 1. The maximum Gasteiger partial charge on any atom is 0.209 e. The monoisotopic (exact) mass is 151 g/mol. The van der Waals surface area contributed by atoms with Crippen LogP contribution in [0, 0.1) is 0 Å². The van der Waals surface area contributed by atoms with Gasteiger partial charge in [0.05, 0.1) is 5.75 Å². The van der Waals surface area contributed by atoms with Crippen molar-refractivity contribution in [1.29, 1.82) is 0 Å². The molecule has 1 amide bonds. The van der Waals surface area contributed by atoms with Gasteiger partial charge in [-0.1, -0.05) is 0 Å². The van der Waals surface area contributed by atoms with Gasteiger partial charge in [-0.2, -0.15) is 0 Å². The minimum atomic E-state index is -1.79. The fourth-order valence-corrected chi connectivity index (χ4v) is 0.719. The van der Waals surface area contributed by atoms with E-state index in [4.69, 9.17) is 4.55 Å². The average molecular weight is 151 g/mol. The summed E-state index contributed by atoms with van der Waals surface area (Å²) < 4.78 is 18.2. The van der Waals surface area contributed by atoms with Gasteiger partial charge in [0, 0.05) is 13.6 Å². The molecule has 0 aromatic carbocycles. The number of nitrogens with zero attached hydrogens (tertiary/aromatic N) is 1. The Labute approximate surface area is 56.1 Å². The molecule has 4 nitrogen and oxygen atoms in total. The number of carbonyl (C=O) groups is 1. The van der Waals surface area contributed by atoms with Gasteiger partial charge in [0.25, 0.3) is 0 Å². The van der Waals surface area contributed by atoms with Crippen molar-refractivity contribution in [3.05, 3.63) is 0 Å². The molecule has 0 radical (unpaired) electrons. The zero-order valence-corrected chi connectivity index (χ0v) is 5.93. The van der Waals surface area contributed by atoms with E-state index < -0.39 is 11.1 Å². The molecule has 0 heterocycles. The van der Waals surface area contributed by atoms with E-state index >= 15 is 0 Å². The lowest BCUT2D eigenvalue weighted by molar-refractivity contribution is -0.116. The molecule has 0 spiro atoms. The highest BCUT2D eigenvalue weighted by atomic mass is 32.2. The lowest BCUT2D eigenvalue weighted by Crippen LogP contribution is -2.21. The molecule has 1 unspecified atom stereocenters. The van der Waals surface area contributed by atoms with E-state index in [1.807, 2.05) is 0 Å². The summed E-state index contributed by atoms with van der Waals surface area (Å²) in [7, 11) is 1.56. The summed E-state index contributed by atoms with van der Waals surface area (Å²) in [6.45, 7) is 0.326. The van der Waals surface area contributed by atoms with Crippen LogP contribution in [0.4, 0.5) is 0 Å². The minimum absolute atomic E-state index is 0.120. The second-order valence-electron chi connectivity index (χ2n) is 1.61. The van der Waals surface area contributed by atoms with Gasteiger partial charge in [-0.15, -0.1) is 0 Å². The maximum atomic E-state index is 9.99. The molecular formula is C4H9NO3S. The zero-order chi connectivity index (χ0) is 7.28. The van der Waals surface area contributed by atoms with Crippen LogP contribution in [0.1, 0.15) is 0 Å². The molecule has 0 saturated carbocycles. The Hall–Kier alpha value is -0.420. The fourth-order valence-electron chi connectivity index (χ4n) is 0.275. The first-order chi connectivity index (χ1) is 4.16. The second-order valence-corrected chi connectivity index (χ2v) is 2.66. The molecule has 0 fully saturated rings. The molecular weight excluding hydrogens is 142 g/mol. The fraction of sp³-hybridized carbons (Fsp3) is 0.750. The Morgan fingerprint density at radius 3 is 2.67 bits per heavy atom. The highest BCUT2D eigenvalue weighted by Crippen LogP contribution is 1.77. The maximum absolute atomic E-state index is 9.99. The lowest BCUT2D eigenvalue weighted by Gasteiger charge is -2.06. The highest BCUT2D eigenvalue weighted by molar-refractivity contribution is 7.79. The Bertz CT molecular complexity index is 116. The zero-order valence-electron chi connectivity index (χ0n) is 5.11. The molecule has 0 saturated heterocycles. The Balaban J connectivity index is 3.26. The van der Waals surface area contributed by atoms with Crippen LogP contribution in [0.15, 0.2) is 0 Å². The summed E-state index contributed by atoms with van der Waals surface area (Å²) in [5, 5.41) is 0. The number of hydrogen-bond acceptors (Lipinski definition) is 2. The number of rotatable bonds is 4. The number of amides is 1. The van der Waals surface area contributed by atoms with Crippen molar-refractivity contribution in [2.24, 2.45) is 0 Å². The number of carbonyl (C=O) groups excluding carboxylic acids is 1. The quantitative estimate of drug-likeness (QED) is 0.427. The third-order valence-corrected chi connectivity index (χ3v) is 1.33. The van der Waals surface area contributed by atoms with Gasteiger partial charge >= 0.3 is 0 Å². The predicted octanol–water partition coefficient (Wildman–Crippen LogP) is -0.704. The molecule has 1 atom stereocenters. The van der Waals surface area contributed by atoms with E-state index in [1.54, 1.807) is 7.05 Å². The van der Waals surface area contributed by atoms with Crippen LogP contribution < -0.4 is 0 Å². The third-order valence-electron chi connectivity index (χ3n) is 0.799. The molecule has 54 valence electrons. The molecule has 1 N–H and O–H groups in total. The minimum Gasteiger partial charge on any atom is -0.347 e. The highest BCUT2D eigenvalue weighted by Gasteiger charge is 1.95. The van der Waals surface area contributed by atoms with Crippen LogP contribution >= 0.6 is 0 Å². The van der Waals surface area contributed by atoms with Crippen LogP contribution in [0.3, 0.4) is 0 Å². The summed E-state index contributed by atoms with van der Waals surface area (Å²) >= 11 is -1.79. The van der Waals surface area contributed by atoms with Crippen molar-refractivity contribution >= 4 is 17.5 Å². The summed E-state index contributed by atoms with van der Waals surface area (Å²) in [6, 6.07) is 0. The van der Waals surface area contributed by atoms with Crippen molar-refractivity contribution < 1.29 is 13.6 Å². The van der Waals surface area contributed by atoms with Gasteiger partial charge in [-0.25, -0.2) is 4.21 Å². The smallest absolute Gasteiger partial charge is 0.209 e. The van der Waals surface area contributed by atoms with Crippen molar-refractivity contribution in [3.8, 4) is 0 Å². The normalized spacial score (nSPS) is 12.7. The third kappa shape index (κ3) is 5.45. The summed E-state index contributed by atoms with van der Waals surface area (Å²) in [5.74, 6) is 0.120. The van der Waals surface area contributed by atoms with E-state index in [2.05, 4.69) is 0 Å². The molecule has 9 heavy (non-hydrogen) atoms.